The van der Waals surface area contributed by atoms with Crippen LogP contribution in [0.1, 0.15) is 20.8 Å². The van der Waals surface area contributed by atoms with E-state index in [4.69, 9.17) is 16.3 Å². The Kier molecular flexibility index (Phi) is 4.28. The zero-order chi connectivity index (χ0) is 17.3. The Balaban J connectivity index is 2.05. The highest BCUT2D eigenvalue weighted by Gasteiger charge is 2.20. The first-order chi connectivity index (χ1) is 11.3. The highest BCUT2D eigenvalue weighted by Crippen LogP contribution is 2.25. The molecule has 0 aliphatic carbocycles. The first-order valence-electron chi connectivity index (χ1n) is 7.62. The van der Waals surface area contributed by atoms with Crippen LogP contribution in [0.5, 0.6) is 0 Å². The molecular weight excluding hydrogens is 326 g/mol. The molecule has 0 unspecified atom stereocenters. The van der Waals surface area contributed by atoms with Crippen LogP contribution in [0.3, 0.4) is 0 Å². The summed E-state index contributed by atoms with van der Waals surface area (Å²) in [6.07, 6.45) is 1.68. The molecule has 0 atom stereocenters. The molecule has 0 N–H and O–H groups in total. The maximum atomic E-state index is 12.3. The molecule has 2 aromatic heterocycles. The van der Waals surface area contributed by atoms with Gasteiger partial charge < -0.3 is 4.74 Å². The number of pyridine rings is 1. The maximum absolute atomic E-state index is 12.3. The molecule has 0 bridgehead atoms. The van der Waals surface area contributed by atoms with Crippen LogP contribution in [0.4, 0.5) is 0 Å². The van der Waals surface area contributed by atoms with E-state index >= 15 is 0 Å². The number of aromatic nitrogens is 3. The Labute approximate surface area is 145 Å². The lowest BCUT2D eigenvalue weighted by atomic mass is 10.2. The largest absolute Gasteiger partial charge is 0.459 e. The number of ether oxygens (including phenoxy) is 1. The number of rotatable bonds is 3. The molecule has 0 saturated carbocycles. The zero-order valence-electron chi connectivity index (χ0n) is 13.8. The van der Waals surface area contributed by atoms with Gasteiger partial charge >= 0.3 is 5.97 Å². The van der Waals surface area contributed by atoms with E-state index in [-0.39, 0.29) is 12.5 Å². The lowest BCUT2D eigenvalue weighted by Gasteiger charge is -2.20. The third kappa shape index (κ3) is 3.57. The number of hydrogen-bond acceptors (Lipinski definition) is 4. The molecule has 0 aliphatic rings. The smallest absolute Gasteiger partial charge is 0.326 e. The predicted octanol–water partition coefficient (Wildman–Crippen LogP) is 4.09. The molecule has 6 heteroatoms. The van der Waals surface area contributed by atoms with Crippen LogP contribution >= 0.6 is 11.6 Å². The molecule has 3 rings (SSSR count). The van der Waals surface area contributed by atoms with Gasteiger partial charge in [-0.05, 0) is 57.2 Å². The Morgan fingerprint density at radius 1 is 1.21 bits per heavy atom. The van der Waals surface area contributed by atoms with Gasteiger partial charge in [0.1, 0.15) is 23.5 Å². The molecule has 5 nitrogen and oxygen atoms in total. The lowest BCUT2D eigenvalue weighted by Crippen LogP contribution is -2.26. The summed E-state index contributed by atoms with van der Waals surface area (Å²) in [7, 11) is 0. The van der Waals surface area contributed by atoms with Crippen molar-refractivity contribution in [1.82, 2.24) is 14.5 Å². The van der Waals surface area contributed by atoms with Gasteiger partial charge in [0.2, 0.25) is 0 Å². The molecule has 3 aromatic rings. The average Bonchev–Trinajstić information content (AvgIpc) is 2.85. The molecule has 0 amide bonds. The maximum Gasteiger partial charge on any atom is 0.326 e. The van der Waals surface area contributed by atoms with E-state index in [0.29, 0.717) is 16.5 Å². The Morgan fingerprint density at radius 2 is 1.92 bits per heavy atom. The van der Waals surface area contributed by atoms with Crippen molar-refractivity contribution in [2.75, 3.05) is 0 Å². The van der Waals surface area contributed by atoms with Crippen molar-refractivity contribution in [2.45, 2.75) is 32.9 Å². The minimum Gasteiger partial charge on any atom is -0.459 e. The number of hydrogen-bond donors (Lipinski definition) is 0. The average molecular weight is 344 g/mol. The molecule has 24 heavy (non-hydrogen) atoms. The fraction of sp³-hybridized carbons (Fsp3) is 0.278. The van der Waals surface area contributed by atoms with Gasteiger partial charge in [-0.15, -0.1) is 0 Å². The fourth-order valence-electron chi connectivity index (χ4n) is 2.43. The molecule has 124 valence electrons. The van der Waals surface area contributed by atoms with Crippen molar-refractivity contribution in [1.29, 1.82) is 0 Å². The van der Waals surface area contributed by atoms with Gasteiger partial charge in [-0.25, -0.2) is 9.97 Å². The number of fused-ring (bicyclic) bond motifs is 1. The van der Waals surface area contributed by atoms with Crippen LogP contribution in [0, 0.1) is 0 Å². The molecule has 1 aromatic carbocycles. The van der Waals surface area contributed by atoms with E-state index in [2.05, 4.69) is 9.97 Å². The predicted molar refractivity (Wildman–Crippen MR) is 93.8 cm³/mol. The van der Waals surface area contributed by atoms with Crippen molar-refractivity contribution in [3.05, 3.63) is 47.6 Å². The molecule has 0 fully saturated rings. The van der Waals surface area contributed by atoms with E-state index in [1.54, 1.807) is 22.9 Å². The van der Waals surface area contributed by atoms with Gasteiger partial charge in [0.15, 0.2) is 5.65 Å². The van der Waals surface area contributed by atoms with E-state index < -0.39 is 5.60 Å². The van der Waals surface area contributed by atoms with Crippen LogP contribution in [-0.4, -0.2) is 26.1 Å². The van der Waals surface area contributed by atoms with E-state index in [1.807, 2.05) is 45.0 Å². The van der Waals surface area contributed by atoms with Crippen LogP contribution < -0.4 is 0 Å². The van der Waals surface area contributed by atoms with Gasteiger partial charge in [0, 0.05) is 16.8 Å². The summed E-state index contributed by atoms with van der Waals surface area (Å²) in [5.41, 5.74) is 1.70. The Hall–Kier alpha value is -2.40. The van der Waals surface area contributed by atoms with Crippen LogP contribution in [0.15, 0.2) is 42.6 Å². The second kappa shape index (κ2) is 6.24. The summed E-state index contributed by atoms with van der Waals surface area (Å²) in [4.78, 5) is 21.3. The number of halogens is 1. The van der Waals surface area contributed by atoms with E-state index in [1.165, 1.54) is 0 Å². The van der Waals surface area contributed by atoms with Gasteiger partial charge in [-0.1, -0.05) is 11.6 Å². The lowest BCUT2D eigenvalue weighted by molar-refractivity contribution is -0.155. The normalized spacial score (nSPS) is 11.7. The summed E-state index contributed by atoms with van der Waals surface area (Å²) in [6, 6.07) is 11.0. The molecule has 2 heterocycles. The molecule has 0 saturated heterocycles. The summed E-state index contributed by atoms with van der Waals surface area (Å²) in [5.74, 6) is 0.328. The van der Waals surface area contributed by atoms with Gasteiger partial charge in [0.05, 0.1) is 0 Å². The quantitative estimate of drug-likeness (QED) is 0.672. The Bertz CT molecular complexity index is 879. The monoisotopic (exact) mass is 343 g/mol. The van der Waals surface area contributed by atoms with Gasteiger partial charge in [-0.3, -0.25) is 9.36 Å². The number of carbonyl (C=O) groups excluding carboxylic acids is 1. The number of benzene rings is 1. The number of imidazole rings is 1. The van der Waals surface area contributed by atoms with E-state index in [0.717, 1.165) is 11.1 Å². The summed E-state index contributed by atoms with van der Waals surface area (Å²) in [5, 5.41) is 0.645. The minimum atomic E-state index is -0.540. The first-order valence-corrected chi connectivity index (χ1v) is 8.00. The van der Waals surface area contributed by atoms with Crippen molar-refractivity contribution in [2.24, 2.45) is 0 Å². The highest BCUT2D eigenvalue weighted by molar-refractivity contribution is 6.30. The van der Waals surface area contributed by atoms with Gasteiger partial charge in [0.25, 0.3) is 0 Å². The summed E-state index contributed by atoms with van der Waals surface area (Å²) in [6.45, 7) is 5.57. The zero-order valence-corrected chi connectivity index (χ0v) is 14.5. The van der Waals surface area contributed by atoms with Crippen LogP contribution in [0.2, 0.25) is 5.02 Å². The summed E-state index contributed by atoms with van der Waals surface area (Å²) < 4.78 is 7.20. The molecule has 0 radical (unpaired) electrons. The van der Waals surface area contributed by atoms with Gasteiger partial charge in [-0.2, -0.15) is 0 Å². The first kappa shape index (κ1) is 16.5. The fourth-order valence-corrected chi connectivity index (χ4v) is 2.56. The highest BCUT2D eigenvalue weighted by atomic mass is 35.5. The SMILES string of the molecule is CC(C)(C)OC(=O)Cn1c(-c2ccc(Cl)cc2)nc2cccnc21. The van der Waals surface area contributed by atoms with Crippen molar-refractivity contribution in [3.8, 4) is 11.4 Å². The third-order valence-electron chi connectivity index (χ3n) is 3.31. The summed E-state index contributed by atoms with van der Waals surface area (Å²) >= 11 is 5.96. The topological polar surface area (TPSA) is 57.0 Å². The second-order valence-electron chi connectivity index (χ2n) is 6.46. The minimum absolute atomic E-state index is 0.0444. The van der Waals surface area contributed by atoms with Crippen LogP contribution in [-0.2, 0) is 16.1 Å². The van der Waals surface area contributed by atoms with Crippen molar-refractivity contribution in [3.63, 3.8) is 0 Å². The Morgan fingerprint density at radius 3 is 2.58 bits per heavy atom. The number of esters is 1. The molecule has 0 spiro atoms. The molecule has 0 aliphatic heterocycles. The van der Waals surface area contributed by atoms with Crippen molar-refractivity contribution >= 4 is 28.7 Å². The van der Waals surface area contributed by atoms with E-state index in [9.17, 15) is 4.79 Å². The van der Waals surface area contributed by atoms with Crippen LogP contribution in [0.25, 0.3) is 22.6 Å². The number of carbonyl (C=O) groups is 1. The third-order valence-corrected chi connectivity index (χ3v) is 3.57. The standard InChI is InChI=1S/C18H18ClN3O2/c1-18(2,3)24-15(23)11-22-16(12-6-8-13(19)9-7-12)21-14-5-4-10-20-17(14)22/h4-10H,11H2,1-3H3. The second-order valence-corrected chi connectivity index (χ2v) is 6.90. The van der Waals surface area contributed by atoms with Crippen molar-refractivity contribution < 1.29 is 9.53 Å². The molecular formula is C18H18ClN3O2. The number of nitrogens with zero attached hydrogens (tertiary/aromatic N) is 3.